The topological polar surface area (TPSA) is 66.5 Å². The van der Waals surface area contributed by atoms with E-state index < -0.39 is 23.7 Å². The number of likely N-dealkylation sites (N-methyl/N-ethyl adjacent to an activating group) is 1. The molecule has 118 valence electrons. The van der Waals surface area contributed by atoms with Crippen LogP contribution in [0.25, 0.3) is 0 Å². The summed E-state index contributed by atoms with van der Waals surface area (Å²) in [6, 6.07) is 2.99. The van der Waals surface area contributed by atoms with Gasteiger partial charge in [0.2, 0.25) is 5.91 Å². The summed E-state index contributed by atoms with van der Waals surface area (Å²) in [5, 5.41) is 2.45. The zero-order valence-corrected chi connectivity index (χ0v) is 12.6. The summed E-state index contributed by atoms with van der Waals surface area (Å²) in [6.07, 6.45) is 2.18. The van der Waals surface area contributed by atoms with Gasteiger partial charge in [-0.25, -0.2) is 4.39 Å². The van der Waals surface area contributed by atoms with Gasteiger partial charge in [0.05, 0.1) is 0 Å². The number of rotatable bonds is 7. The fraction of sp³-hybridized carbons (Fsp3) is 0.312. The maximum absolute atomic E-state index is 13.4. The number of halogens is 1. The molecule has 0 aliphatic heterocycles. The Hall–Kier alpha value is -2.50. The van der Waals surface area contributed by atoms with E-state index in [1.807, 2.05) is 0 Å². The Morgan fingerprint density at radius 1 is 1.45 bits per heavy atom. The van der Waals surface area contributed by atoms with Crippen molar-refractivity contribution in [3.05, 3.63) is 47.9 Å². The first-order valence-corrected chi connectivity index (χ1v) is 6.82. The number of aldehydes is 1. The minimum atomic E-state index is -0.872. The molecule has 0 saturated heterocycles. The van der Waals surface area contributed by atoms with Crippen molar-refractivity contribution in [1.29, 1.82) is 0 Å². The van der Waals surface area contributed by atoms with Crippen molar-refractivity contribution in [1.82, 2.24) is 10.2 Å². The zero-order valence-electron chi connectivity index (χ0n) is 12.6. The molecule has 1 atom stereocenters. The summed E-state index contributed by atoms with van der Waals surface area (Å²) < 4.78 is 13.4. The van der Waals surface area contributed by atoms with E-state index in [4.69, 9.17) is 0 Å². The number of aryl methyl sites for hydroxylation is 1. The molecule has 5 nitrogen and oxygen atoms in total. The molecule has 1 rings (SSSR count). The Labute approximate surface area is 128 Å². The standard InChI is InChI=1S/C16H19FN2O3/c1-4-19(14(6-5-9-20)15(21)18-3)16(22)13-10-12(17)8-7-11(13)2/h4,7-10,14H,1,5-6H2,2-3H3,(H,18,21). The lowest BCUT2D eigenvalue weighted by atomic mass is 10.0. The van der Waals surface area contributed by atoms with E-state index in [2.05, 4.69) is 11.9 Å². The number of carbonyl (C=O) groups is 3. The Morgan fingerprint density at radius 2 is 2.14 bits per heavy atom. The smallest absolute Gasteiger partial charge is 0.258 e. The number of amides is 2. The predicted octanol–water partition coefficient (Wildman–Crippen LogP) is 1.81. The molecular weight excluding hydrogens is 287 g/mol. The van der Waals surface area contributed by atoms with Gasteiger partial charge >= 0.3 is 0 Å². The van der Waals surface area contributed by atoms with Gasteiger partial charge in [-0.15, -0.1) is 0 Å². The molecule has 0 heterocycles. The summed E-state index contributed by atoms with van der Waals surface area (Å²) in [5.74, 6) is -1.49. The van der Waals surface area contributed by atoms with Crippen molar-refractivity contribution in [3.8, 4) is 0 Å². The van der Waals surface area contributed by atoms with E-state index in [1.165, 1.54) is 25.4 Å². The van der Waals surface area contributed by atoms with Gasteiger partial charge in [-0.2, -0.15) is 0 Å². The summed E-state index contributed by atoms with van der Waals surface area (Å²) in [5.41, 5.74) is 0.740. The maximum Gasteiger partial charge on any atom is 0.258 e. The second kappa shape index (κ2) is 8.07. The number of hydrogen-bond acceptors (Lipinski definition) is 3. The molecule has 0 radical (unpaired) electrons. The number of hydrogen-bond donors (Lipinski definition) is 1. The minimum Gasteiger partial charge on any atom is -0.357 e. The van der Waals surface area contributed by atoms with Crippen LogP contribution in [-0.2, 0) is 9.59 Å². The quantitative estimate of drug-likeness (QED) is 0.781. The highest BCUT2D eigenvalue weighted by atomic mass is 19.1. The second-order valence-corrected chi connectivity index (χ2v) is 4.73. The van der Waals surface area contributed by atoms with Gasteiger partial charge in [0, 0.05) is 25.2 Å². The summed E-state index contributed by atoms with van der Waals surface area (Å²) in [7, 11) is 1.44. The van der Waals surface area contributed by atoms with Crippen LogP contribution in [0.15, 0.2) is 31.0 Å². The Bertz CT molecular complexity index is 587. The number of nitrogens with one attached hydrogen (secondary N) is 1. The minimum absolute atomic E-state index is 0.123. The summed E-state index contributed by atoms with van der Waals surface area (Å²) in [6.45, 7) is 5.22. The number of nitrogens with zero attached hydrogens (tertiary/aromatic N) is 1. The Kier molecular flexibility index (Phi) is 6.44. The van der Waals surface area contributed by atoms with Crippen LogP contribution in [0.5, 0.6) is 0 Å². The van der Waals surface area contributed by atoms with Crippen LogP contribution < -0.4 is 5.32 Å². The molecule has 22 heavy (non-hydrogen) atoms. The third-order valence-corrected chi connectivity index (χ3v) is 3.30. The average Bonchev–Trinajstić information content (AvgIpc) is 2.52. The van der Waals surface area contributed by atoms with Crippen LogP contribution in [0, 0.1) is 12.7 Å². The Balaban J connectivity index is 3.17. The van der Waals surface area contributed by atoms with Crippen molar-refractivity contribution >= 4 is 18.1 Å². The van der Waals surface area contributed by atoms with E-state index in [0.29, 0.717) is 11.8 Å². The molecule has 0 aliphatic rings. The average molecular weight is 306 g/mol. The van der Waals surface area contributed by atoms with Gasteiger partial charge in [0.15, 0.2) is 0 Å². The first-order valence-electron chi connectivity index (χ1n) is 6.82. The van der Waals surface area contributed by atoms with Crippen LogP contribution >= 0.6 is 0 Å². The highest BCUT2D eigenvalue weighted by Crippen LogP contribution is 2.17. The lowest BCUT2D eigenvalue weighted by molar-refractivity contribution is -0.124. The van der Waals surface area contributed by atoms with Crippen molar-refractivity contribution in [2.45, 2.75) is 25.8 Å². The van der Waals surface area contributed by atoms with Gasteiger partial charge < -0.3 is 15.0 Å². The molecule has 1 N–H and O–H groups in total. The molecule has 0 fully saturated rings. The maximum atomic E-state index is 13.4. The molecule has 2 amide bonds. The lowest BCUT2D eigenvalue weighted by Gasteiger charge is -2.27. The van der Waals surface area contributed by atoms with Crippen LogP contribution in [0.2, 0.25) is 0 Å². The molecule has 0 aromatic heterocycles. The first kappa shape index (κ1) is 17.6. The molecule has 0 bridgehead atoms. The van der Waals surface area contributed by atoms with Gasteiger partial charge in [-0.05, 0) is 31.0 Å². The molecule has 1 unspecified atom stereocenters. The largest absolute Gasteiger partial charge is 0.357 e. The van der Waals surface area contributed by atoms with Crippen LogP contribution in [0.4, 0.5) is 4.39 Å². The Morgan fingerprint density at radius 3 is 2.68 bits per heavy atom. The zero-order chi connectivity index (χ0) is 16.7. The summed E-state index contributed by atoms with van der Waals surface area (Å²) in [4.78, 5) is 36.2. The predicted molar refractivity (Wildman–Crippen MR) is 80.7 cm³/mol. The second-order valence-electron chi connectivity index (χ2n) is 4.73. The first-order chi connectivity index (χ1) is 10.5. The van der Waals surface area contributed by atoms with E-state index >= 15 is 0 Å². The normalized spacial score (nSPS) is 11.4. The summed E-state index contributed by atoms with van der Waals surface area (Å²) >= 11 is 0. The van der Waals surface area contributed by atoms with Crippen LogP contribution in [0.1, 0.15) is 28.8 Å². The highest BCUT2D eigenvalue weighted by Gasteiger charge is 2.28. The van der Waals surface area contributed by atoms with E-state index in [0.717, 1.165) is 11.0 Å². The van der Waals surface area contributed by atoms with Gasteiger partial charge in [-0.3, -0.25) is 9.59 Å². The number of benzene rings is 1. The fourth-order valence-electron chi connectivity index (χ4n) is 2.10. The van der Waals surface area contributed by atoms with Gasteiger partial charge in [0.1, 0.15) is 18.1 Å². The molecule has 0 aliphatic carbocycles. The third-order valence-electron chi connectivity index (χ3n) is 3.30. The SMILES string of the molecule is C=CN(C(=O)c1cc(F)ccc1C)C(CCC=O)C(=O)NC. The molecular formula is C16H19FN2O3. The van der Waals surface area contributed by atoms with E-state index in [9.17, 15) is 18.8 Å². The van der Waals surface area contributed by atoms with Crippen LogP contribution in [-0.4, -0.2) is 36.1 Å². The molecule has 0 saturated carbocycles. The molecule has 1 aromatic rings. The van der Waals surface area contributed by atoms with Gasteiger partial charge in [-0.1, -0.05) is 12.6 Å². The van der Waals surface area contributed by atoms with E-state index in [1.54, 1.807) is 6.92 Å². The fourth-order valence-corrected chi connectivity index (χ4v) is 2.10. The highest BCUT2D eigenvalue weighted by molar-refractivity contribution is 5.99. The molecule has 0 spiro atoms. The molecule has 1 aromatic carbocycles. The van der Waals surface area contributed by atoms with E-state index in [-0.39, 0.29) is 18.4 Å². The van der Waals surface area contributed by atoms with Crippen molar-refractivity contribution < 1.29 is 18.8 Å². The monoisotopic (exact) mass is 306 g/mol. The molecule has 6 heteroatoms. The van der Waals surface area contributed by atoms with Crippen molar-refractivity contribution in [2.24, 2.45) is 0 Å². The number of carbonyl (C=O) groups excluding carboxylic acids is 3. The van der Waals surface area contributed by atoms with Crippen molar-refractivity contribution in [2.75, 3.05) is 7.05 Å². The van der Waals surface area contributed by atoms with Crippen LogP contribution in [0.3, 0.4) is 0 Å². The third kappa shape index (κ3) is 4.00. The van der Waals surface area contributed by atoms with Gasteiger partial charge in [0.25, 0.3) is 5.91 Å². The van der Waals surface area contributed by atoms with Crippen molar-refractivity contribution in [3.63, 3.8) is 0 Å². The lowest BCUT2D eigenvalue weighted by Crippen LogP contribution is -2.46.